The number of hydrogen-bond acceptors (Lipinski definition) is 1. The lowest BCUT2D eigenvalue weighted by Crippen LogP contribution is -1.88. The van der Waals surface area contributed by atoms with Gasteiger partial charge in [0.15, 0.2) is 0 Å². The lowest BCUT2D eigenvalue weighted by molar-refractivity contribution is -0.131. The summed E-state index contributed by atoms with van der Waals surface area (Å²) >= 11 is 0. The Bertz CT molecular complexity index is 404. The van der Waals surface area contributed by atoms with E-state index in [0.29, 0.717) is 0 Å². The molecule has 2 nitrogen and oxygen atoms in total. The van der Waals surface area contributed by atoms with Gasteiger partial charge in [0.25, 0.3) is 0 Å². The van der Waals surface area contributed by atoms with Crippen molar-refractivity contribution >= 4 is 12.0 Å². The van der Waals surface area contributed by atoms with Crippen LogP contribution < -0.4 is 0 Å². The summed E-state index contributed by atoms with van der Waals surface area (Å²) in [5.74, 6) is -0.905. The monoisotopic (exact) mass is 274 g/mol. The van der Waals surface area contributed by atoms with Gasteiger partial charge >= 0.3 is 5.97 Å². The van der Waals surface area contributed by atoms with Gasteiger partial charge < -0.3 is 5.11 Å². The van der Waals surface area contributed by atoms with Gasteiger partial charge in [-0.05, 0) is 30.0 Å². The topological polar surface area (TPSA) is 37.3 Å². The zero-order chi connectivity index (χ0) is 14.6. The van der Waals surface area contributed by atoms with Crippen molar-refractivity contribution in [1.82, 2.24) is 0 Å². The molecule has 0 atom stereocenters. The number of hydrogen-bond donors (Lipinski definition) is 1. The maximum atomic E-state index is 10.4. The molecule has 0 radical (unpaired) electrons. The second-order valence-electron chi connectivity index (χ2n) is 5.28. The minimum absolute atomic E-state index is 0.905. The molecule has 0 aliphatic carbocycles. The number of carbonyl (C=O) groups is 1. The zero-order valence-corrected chi connectivity index (χ0v) is 12.5. The Morgan fingerprint density at radius 3 is 2.20 bits per heavy atom. The lowest BCUT2D eigenvalue weighted by Gasteiger charge is -2.03. The molecule has 0 aliphatic rings. The first-order valence-electron chi connectivity index (χ1n) is 7.72. The van der Waals surface area contributed by atoms with Crippen LogP contribution in [0.15, 0.2) is 30.3 Å². The van der Waals surface area contributed by atoms with E-state index in [9.17, 15) is 4.79 Å². The van der Waals surface area contributed by atoms with Crippen LogP contribution in [0.3, 0.4) is 0 Å². The van der Waals surface area contributed by atoms with Gasteiger partial charge in [-0.2, -0.15) is 0 Å². The molecular weight excluding hydrogens is 248 g/mol. The SMILES string of the molecule is CCCCCCCCCc1ccc(/C=C/C(=O)O)cc1. The van der Waals surface area contributed by atoms with E-state index in [1.54, 1.807) is 6.08 Å². The molecular formula is C18H26O2. The van der Waals surface area contributed by atoms with Crippen LogP contribution in [-0.4, -0.2) is 11.1 Å². The average molecular weight is 274 g/mol. The number of carboxylic acid groups (broad SMARTS) is 1. The normalized spacial score (nSPS) is 11.1. The van der Waals surface area contributed by atoms with Crippen LogP contribution in [-0.2, 0) is 11.2 Å². The highest BCUT2D eigenvalue weighted by Gasteiger charge is 1.95. The first kappa shape index (κ1) is 16.5. The van der Waals surface area contributed by atoms with E-state index in [1.165, 1.54) is 56.6 Å². The van der Waals surface area contributed by atoms with E-state index in [-0.39, 0.29) is 0 Å². The summed E-state index contributed by atoms with van der Waals surface area (Å²) in [5.41, 5.74) is 2.28. The molecule has 0 bridgehead atoms. The van der Waals surface area contributed by atoms with Gasteiger partial charge in [-0.3, -0.25) is 0 Å². The van der Waals surface area contributed by atoms with Crippen LogP contribution in [0.1, 0.15) is 63.0 Å². The molecule has 0 saturated carbocycles. The summed E-state index contributed by atoms with van der Waals surface area (Å²) in [6.45, 7) is 2.25. The maximum absolute atomic E-state index is 10.4. The Balaban J connectivity index is 2.20. The van der Waals surface area contributed by atoms with Crippen molar-refractivity contribution in [1.29, 1.82) is 0 Å². The quantitative estimate of drug-likeness (QED) is 0.477. The fourth-order valence-electron chi connectivity index (χ4n) is 2.25. The molecule has 0 fully saturated rings. The first-order chi connectivity index (χ1) is 9.72. The first-order valence-corrected chi connectivity index (χ1v) is 7.72. The molecule has 2 heteroatoms. The molecule has 20 heavy (non-hydrogen) atoms. The summed E-state index contributed by atoms with van der Waals surface area (Å²) in [6.07, 6.45) is 13.2. The van der Waals surface area contributed by atoms with E-state index < -0.39 is 5.97 Å². The number of aliphatic carboxylic acids is 1. The average Bonchev–Trinajstić information content (AvgIpc) is 2.45. The van der Waals surface area contributed by atoms with Crippen molar-refractivity contribution in [3.63, 3.8) is 0 Å². The highest BCUT2D eigenvalue weighted by atomic mass is 16.4. The predicted octanol–water partition coefficient (Wildman–Crippen LogP) is 5.08. The number of benzene rings is 1. The van der Waals surface area contributed by atoms with Gasteiger partial charge in [-0.15, -0.1) is 0 Å². The number of carboxylic acids is 1. The molecule has 1 N–H and O–H groups in total. The van der Waals surface area contributed by atoms with Gasteiger partial charge in [0, 0.05) is 6.08 Å². The van der Waals surface area contributed by atoms with Gasteiger partial charge in [0.1, 0.15) is 0 Å². The van der Waals surface area contributed by atoms with Gasteiger partial charge in [0.05, 0.1) is 0 Å². The largest absolute Gasteiger partial charge is 0.478 e. The van der Waals surface area contributed by atoms with E-state index >= 15 is 0 Å². The third kappa shape index (κ3) is 7.78. The van der Waals surface area contributed by atoms with Crippen molar-refractivity contribution in [2.24, 2.45) is 0 Å². The van der Waals surface area contributed by atoms with Gasteiger partial charge in [0.2, 0.25) is 0 Å². The molecule has 0 saturated heterocycles. The Kier molecular flexibility index (Phi) is 8.44. The van der Waals surface area contributed by atoms with E-state index in [4.69, 9.17) is 5.11 Å². The third-order valence-electron chi connectivity index (χ3n) is 3.47. The van der Waals surface area contributed by atoms with E-state index in [1.807, 2.05) is 12.1 Å². The highest BCUT2D eigenvalue weighted by molar-refractivity contribution is 5.85. The maximum Gasteiger partial charge on any atom is 0.328 e. The predicted molar refractivity (Wildman–Crippen MR) is 84.8 cm³/mol. The van der Waals surface area contributed by atoms with Crippen molar-refractivity contribution < 1.29 is 9.90 Å². The third-order valence-corrected chi connectivity index (χ3v) is 3.47. The lowest BCUT2D eigenvalue weighted by atomic mass is 10.0. The highest BCUT2D eigenvalue weighted by Crippen LogP contribution is 2.12. The summed E-state index contributed by atoms with van der Waals surface area (Å²) in [5, 5.41) is 8.56. The number of rotatable bonds is 10. The molecule has 0 unspecified atom stereocenters. The summed E-state index contributed by atoms with van der Waals surface area (Å²) in [7, 11) is 0. The summed E-state index contributed by atoms with van der Waals surface area (Å²) in [6, 6.07) is 8.16. The van der Waals surface area contributed by atoms with E-state index in [2.05, 4.69) is 19.1 Å². The van der Waals surface area contributed by atoms with Gasteiger partial charge in [-0.1, -0.05) is 69.7 Å². The van der Waals surface area contributed by atoms with Crippen LogP contribution in [0.25, 0.3) is 6.08 Å². The molecule has 0 spiro atoms. The van der Waals surface area contributed by atoms with Crippen molar-refractivity contribution in [3.8, 4) is 0 Å². The van der Waals surface area contributed by atoms with Crippen LogP contribution in [0.4, 0.5) is 0 Å². The van der Waals surface area contributed by atoms with Crippen LogP contribution in [0.2, 0.25) is 0 Å². The molecule has 1 aromatic carbocycles. The molecule has 1 rings (SSSR count). The van der Waals surface area contributed by atoms with Crippen molar-refractivity contribution in [3.05, 3.63) is 41.5 Å². The fraction of sp³-hybridized carbons (Fsp3) is 0.500. The molecule has 0 amide bonds. The standard InChI is InChI=1S/C18H26O2/c1-2-3-4-5-6-7-8-9-16-10-12-17(13-11-16)14-15-18(19)20/h10-15H,2-9H2,1H3,(H,19,20)/b15-14+. The van der Waals surface area contributed by atoms with Crippen LogP contribution >= 0.6 is 0 Å². The molecule has 110 valence electrons. The molecule has 0 heterocycles. The molecule has 0 aliphatic heterocycles. The van der Waals surface area contributed by atoms with Gasteiger partial charge in [-0.25, -0.2) is 4.79 Å². The van der Waals surface area contributed by atoms with Crippen molar-refractivity contribution in [2.75, 3.05) is 0 Å². The Morgan fingerprint density at radius 2 is 1.60 bits per heavy atom. The Labute approximate surface area is 122 Å². The van der Waals surface area contributed by atoms with Crippen LogP contribution in [0, 0.1) is 0 Å². The smallest absolute Gasteiger partial charge is 0.328 e. The second kappa shape index (κ2) is 10.2. The van der Waals surface area contributed by atoms with E-state index in [0.717, 1.165) is 12.0 Å². The van der Waals surface area contributed by atoms with Crippen LogP contribution in [0.5, 0.6) is 0 Å². The number of unbranched alkanes of at least 4 members (excludes halogenated alkanes) is 6. The zero-order valence-electron chi connectivity index (χ0n) is 12.5. The summed E-state index contributed by atoms with van der Waals surface area (Å²) < 4.78 is 0. The number of aryl methyl sites for hydroxylation is 1. The molecule has 1 aromatic rings. The Morgan fingerprint density at radius 1 is 1.00 bits per heavy atom. The van der Waals surface area contributed by atoms with Crippen molar-refractivity contribution in [2.45, 2.75) is 58.3 Å². The fourth-order valence-corrected chi connectivity index (χ4v) is 2.25. The second-order valence-corrected chi connectivity index (χ2v) is 5.28. The Hall–Kier alpha value is -1.57. The minimum atomic E-state index is -0.905. The summed E-state index contributed by atoms with van der Waals surface area (Å²) in [4.78, 5) is 10.4. The minimum Gasteiger partial charge on any atom is -0.478 e. The molecule has 0 aromatic heterocycles.